The minimum atomic E-state index is -3.74. The third-order valence-corrected chi connectivity index (χ3v) is 8.22. The number of hydrogen-bond acceptors (Lipinski definition) is 6. The van der Waals surface area contributed by atoms with Crippen molar-refractivity contribution < 1.29 is 22.4 Å². The first-order chi connectivity index (χ1) is 18.5. The van der Waals surface area contributed by atoms with Gasteiger partial charge < -0.3 is 18.6 Å². The van der Waals surface area contributed by atoms with E-state index in [0.29, 0.717) is 30.2 Å². The van der Waals surface area contributed by atoms with Crippen LogP contribution in [-0.2, 0) is 51.2 Å². The Morgan fingerprint density at radius 1 is 0.974 bits per heavy atom. The molecule has 1 amide bonds. The van der Waals surface area contributed by atoms with Gasteiger partial charge in [-0.3, -0.25) is 4.79 Å². The fourth-order valence-corrected chi connectivity index (χ4v) is 6.21. The molecule has 0 spiro atoms. The molecule has 9 heteroatoms. The molecule has 0 radical (unpaired) electrons. The third-order valence-electron chi connectivity index (χ3n) is 6.62. The zero-order valence-electron chi connectivity index (χ0n) is 21.1. The lowest BCUT2D eigenvalue weighted by molar-refractivity contribution is -0.132. The second kappa shape index (κ2) is 11.8. The lowest BCUT2D eigenvalue weighted by Crippen LogP contribution is -2.33. The number of imidazole rings is 1. The minimum absolute atomic E-state index is 0.000287. The van der Waals surface area contributed by atoms with Crippen molar-refractivity contribution >= 4 is 15.7 Å². The number of carbonyl (C=O) groups is 1. The first-order valence-corrected chi connectivity index (χ1v) is 14.4. The van der Waals surface area contributed by atoms with Crippen LogP contribution in [0.2, 0.25) is 0 Å². The summed E-state index contributed by atoms with van der Waals surface area (Å²) < 4.78 is 40.1. The Balaban J connectivity index is 1.45. The Bertz CT molecular complexity index is 1430. The highest BCUT2D eigenvalue weighted by atomic mass is 32.2. The van der Waals surface area contributed by atoms with Crippen molar-refractivity contribution in [3.05, 3.63) is 108 Å². The Hall–Kier alpha value is -3.69. The molecular formula is C29H31N3O5S. The molecule has 4 aromatic rings. The van der Waals surface area contributed by atoms with Crippen LogP contribution in [0.5, 0.6) is 0 Å². The van der Waals surface area contributed by atoms with E-state index < -0.39 is 9.84 Å². The summed E-state index contributed by atoms with van der Waals surface area (Å²) >= 11 is 0. The first-order valence-electron chi connectivity index (χ1n) is 12.7. The molecule has 8 nitrogen and oxygen atoms in total. The van der Waals surface area contributed by atoms with Crippen LogP contribution in [0, 0.1) is 0 Å². The predicted octanol–water partition coefficient (Wildman–Crippen LogP) is 4.40. The molecule has 1 atom stereocenters. The van der Waals surface area contributed by atoms with Crippen LogP contribution in [0.1, 0.15) is 35.4 Å². The summed E-state index contributed by atoms with van der Waals surface area (Å²) in [5.74, 6) is 0.401. The third kappa shape index (κ3) is 6.41. The zero-order chi connectivity index (χ0) is 26.4. The number of carbonyl (C=O) groups excluding carboxylic acids is 1. The maximum Gasteiger partial charge on any atom is 0.228 e. The normalized spacial score (nSPS) is 15.5. The number of sulfone groups is 1. The number of aromatic nitrogens is 2. The molecule has 2 aromatic carbocycles. The molecular weight excluding hydrogens is 502 g/mol. The maximum absolute atomic E-state index is 13.5. The molecule has 198 valence electrons. The molecule has 38 heavy (non-hydrogen) atoms. The van der Waals surface area contributed by atoms with E-state index in [2.05, 4.69) is 4.98 Å². The van der Waals surface area contributed by atoms with E-state index in [4.69, 9.17) is 9.15 Å². The average molecular weight is 534 g/mol. The largest absolute Gasteiger partial charge is 0.467 e. The second-order valence-corrected chi connectivity index (χ2v) is 11.4. The molecule has 3 heterocycles. The van der Waals surface area contributed by atoms with Gasteiger partial charge in [-0.2, -0.15) is 0 Å². The number of ether oxygens (including phenoxy) is 1. The van der Waals surface area contributed by atoms with E-state index in [1.165, 1.54) is 0 Å². The molecule has 1 saturated heterocycles. The highest BCUT2D eigenvalue weighted by Gasteiger charge is 2.28. The standard InChI is InChI=1S/C29H31N3O5S/c33-28(17-23-9-3-1-4-10-23)31(20-26-13-7-15-36-26)19-25-18-30-29(32(25)21-27-14-8-16-37-27)38(34,35)22-24-11-5-2-6-12-24/h1-7,9-13,15,18,27H,8,14,16-17,19-22H2/t27-/m0/s1. The van der Waals surface area contributed by atoms with Gasteiger partial charge in [0.1, 0.15) is 5.76 Å². The van der Waals surface area contributed by atoms with Gasteiger partial charge in [0.05, 0.1) is 56.1 Å². The maximum atomic E-state index is 13.5. The summed E-state index contributed by atoms with van der Waals surface area (Å²) in [4.78, 5) is 19.5. The number of benzene rings is 2. The molecule has 0 N–H and O–H groups in total. The van der Waals surface area contributed by atoms with E-state index in [9.17, 15) is 13.2 Å². The van der Waals surface area contributed by atoms with Crippen LogP contribution in [-0.4, -0.2) is 41.5 Å². The van der Waals surface area contributed by atoms with Crippen molar-refractivity contribution in [1.82, 2.24) is 14.5 Å². The highest BCUT2D eigenvalue weighted by Crippen LogP contribution is 2.23. The topological polar surface area (TPSA) is 94.6 Å². The predicted molar refractivity (Wildman–Crippen MR) is 142 cm³/mol. The SMILES string of the molecule is O=C(Cc1ccccc1)N(Cc1ccco1)Cc1cnc(S(=O)(=O)Cc2ccccc2)n1C[C@@H]1CCCO1. The number of rotatable bonds is 11. The highest BCUT2D eigenvalue weighted by molar-refractivity contribution is 7.90. The van der Waals surface area contributed by atoms with Gasteiger partial charge in [-0.25, -0.2) is 13.4 Å². The van der Waals surface area contributed by atoms with E-state index in [1.807, 2.05) is 54.6 Å². The Labute approximate surface area is 222 Å². The molecule has 2 aromatic heterocycles. The molecule has 0 unspecified atom stereocenters. The Morgan fingerprint density at radius 2 is 1.71 bits per heavy atom. The molecule has 1 aliphatic heterocycles. The summed E-state index contributed by atoms with van der Waals surface area (Å²) in [5.41, 5.74) is 2.24. The van der Waals surface area contributed by atoms with Crippen molar-refractivity contribution in [2.45, 2.75) is 55.9 Å². The van der Waals surface area contributed by atoms with E-state index in [-0.39, 0.29) is 42.4 Å². The van der Waals surface area contributed by atoms with Gasteiger partial charge in [-0.05, 0) is 36.1 Å². The van der Waals surface area contributed by atoms with Crippen LogP contribution in [0.15, 0.2) is 94.8 Å². The number of furan rings is 1. The molecule has 1 aliphatic rings. The van der Waals surface area contributed by atoms with E-state index in [1.54, 1.807) is 40.1 Å². The van der Waals surface area contributed by atoms with E-state index >= 15 is 0 Å². The Morgan fingerprint density at radius 3 is 2.37 bits per heavy atom. The fraction of sp³-hybridized carbons (Fsp3) is 0.310. The molecule has 5 rings (SSSR count). The summed E-state index contributed by atoms with van der Waals surface area (Å²) in [6.07, 6.45) is 5.04. The number of nitrogens with zero attached hydrogens (tertiary/aromatic N) is 3. The fourth-order valence-electron chi connectivity index (χ4n) is 4.71. The zero-order valence-corrected chi connectivity index (χ0v) is 21.9. The van der Waals surface area contributed by atoms with Gasteiger partial charge in [0.2, 0.25) is 20.9 Å². The van der Waals surface area contributed by atoms with Gasteiger partial charge in [0, 0.05) is 6.61 Å². The second-order valence-electron chi connectivity index (χ2n) is 9.51. The first kappa shape index (κ1) is 25.9. The van der Waals surface area contributed by atoms with Crippen molar-refractivity contribution in [2.24, 2.45) is 0 Å². The summed E-state index contributed by atoms with van der Waals surface area (Å²) in [6, 6.07) is 22.2. The van der Waals surface area contributed by atoms with Crippen LogP contribution >= 0.6 is 0 Å². The van der Waals surface area contributed by atoms with Crippen LogP contribution in [0.3, 0.4) is 0 Å². The van der Waals surface area contributed by atoms with Crippen LogP contribution < -0.4 is 0 Å². The summed E-state index contributed by atoms with van der Waals surface area (Å²) in [6.45, 7) is 1.46. The quantitative estimate of drug-likeness (QED) is 0.284. The van der Waals surface area contributed by atoms with Gasteiger partial charge >= 0.3 is 0 Å². The minimum Gasteiger partial charge on any atom is -0.467 e. The summed E-state index contributed by atoms with van der Waals surface area (Å²) in [5, 5.41) is 0.000287. The number of hydrogen-bond donors (Lipinski definition) is 0. The van der Waals surface area contributed by atoms with Gasteiger partial charge in [-0.15, -0.1) is 0 Å². The van der Waals surface area contributed by atoms with E-state index in [0.717, 1.165) is 18.4 Å². The Kier molecular flexibility index (Phi) is 8.05. The summed E-state index contributed by atoms with van der Waals surface area (Å²) in [7, 11) is -3.74. The molecule has 1 fully saturated rings. The smallest absolute Gasteiger partial charge is 0.228 e. The van der Waals surface area contributed by atoms with Crippen molar-refractivity contribution in [3.63, 3.8) is 0 Å². The average Bonchev–Trinajstić information content (AvgIpc) is 3.69. The van der Waals surface area contributed by atoms with Gasteiger partial charge in [0.15, 0.2) is 0 Å². The van der Waals surface area contributed by atoms with Gasteiger partial charge in [0.25, 0.3) is 0 Å². The van der Waals surface area contributed by atoms with Crippen molar-refractivity contribution in [2.75, 3.05) is 6.61 Å². The van der Waals surface area contributed by atoms with Gasteiger partial charge in [-0.1, -0.05) is 60.7 Å². The molecule has 0 bridgehead atoms. The lowest BCUT2D eigenvalue weighted by atomic mass is 10.1. The van der Waals surface area contributed by atoms with Crippen LogP contribution in [0.25, 0.3) is 0 Å². The molecule has 0 aliphatic carbocycles. The van der Waals surface area contributed by atoms with Crippen molar-refractivity contribution in [3.8, 4) is 0 Å². The lowest BCUT2D eigenvalue weighted by Gasteiger charge is -2.24. The monoisotopic (exact) mass is 533 g/mol. The van der Waals surface area contributed by atoms with Crippen molar-refractivity contribution in [1.29, 1.82) is 0 Å². The molecule has 0 saturated carbocycles. The van der Waals surface area contributed by atoms with Crippen LogP contribution in [0.4, 0.5) is 0 Å². The number of amides is 1.